The quantitative estimate of drug-likeness (QED) is 0.637. The third kappa shape index (κ3) is 4.20. The van der Waals surface area contributed by atoms with Gasteiger partial charge in [0.1, 0.15) is 0 Å². The fourth-order valence-electron chi connectivity index (χ4n) is 1.35. The van der Waals surface area contributed by atoms with Crippen molar-refractivity contribution in [1.82, 2.24) is 10.3 Å². The molecule has 1 rings (SSSR count). The maximum atomic E-state index is 11.6. The van der Waals surface area contributed by atoms with Crippen LogP contribution in [0.2, 0.25) is 0 Å². The van der Waals surface area contributed by atoms with Crippen molar-refractivity contribution in [3.05, 3.63) is 30.1 Å². The normalized spacial score (nSPS) is 13.8. The Morgan fingerprint density at radius 2 is 2.24 bits per heavy atom. The van der Waals surface area contributed by atoms with Crippen molar-refractivity contribution in [1.29, 1.82) is 0 Å². The lowest BCUT2D eigenvalue weighted by atomic mass is 10.1. The summed E-state index contributed by atoms with van der Waals surface area (Å²) in [4.78, 5) is 26.2. The van der Waals surface area contributed by atoms with E-state index >= 15 is 0 Å². The first-order chi connectivity index (χ1) is 8.00. The van der Waals surface area contributed by atoms with E-state index in [1.54, 1.807) is 18.5 Å². The van der Waals surface area contributed by atoms with Crippen molar-refractivity contribution in [2.45, 2.75) is 25.4 Å². The topological polar surface area (TPSA) is 111 Å². The first-order valence-corrected chi connectivity index (χ1v) is 5.25. The number of primary amides is 1. The van der Waals surface area contributed by atoms with E-state index in [4.69, 9.17) is 11.5 Å². The maximum Gasteiger partial charge on any atom is 0.237 e. The highest BCUT2D eigenvalue weighted by atomic mass is 16.2. The molecule has 92 valence electrons. The van der Waals surface area contributed by atoms with Gasteiger partial charge in [-0.25, -0.2) is 0 Å². The number of pyridine rings is 1. The van der Waals surface area contributed by atoms with Crippen molar-refractivity contribution in [3.8, 4) is 0 Å². The number of nitrogens with one attached hydrogen (secondary N) is 1. The van der Waals surface area contributed by atoms with E-state index in [0.29, 0.717) is 0 Å². The first kappa shape index (κ1) is 13.1. The number of nitrogens with zero attached hydrogens (tertiary/aromatic N) is 1. The van der Waals surface area contributed by atoms with E-state index in [1.807, 2.05) is 13.0 Å². The van der Waals surface area contributed by atoms with E-state index < -0.39 is 17.9 Å². The standard InChI is InChI=1S/C11H16N4O2/c1-7(8-3-2-4-14-6-8)15-11(17)9(12)5-10(13)16/h2-4,6-7,9H,5,12H2,1H3,(H2,13,16)(H,15,17). The van der Waals surface area contributed by atoms with Crippen LogP contribution in [0.1, 0.15) is 24.9 Å². The summed E-state index contributed by atoms with van der Waals surface area (Å²) in [6.07, 6.45) is 3.15. The lowest BCUT2D eigenvalue weighted by molar-refractivity contribution is -0.126. The Kier molecular flexibility index (Phi) is 4.59. The van der Waals surface area contributed by atoms with Gasteiger partial charge in [-0.1, -0.05) is 6.07 Å². The Bertz CT molecular complexity index is 394. The van der Waals surface area contributed by atoms with E-state index in [0.717, 1.165) is 5.56 Å². The zero-order valence-electron chi connectivity index (χ0n) is 9.59. The van der Waals surface area contributed by atoms with Gasteiger partial charge in [0.05, 0.1) is 18.5 Å². The third-order valence-corrected chi connectivity index (χ3v) is 2.30. The van der Waals surface area contributed by atoms with Gasteiger partial charge in [-0.05, 0) is 18.6 Å². The summed E-state index contributed by atoms with van der Waals surface area (Å²) in [6.45, 7) is 1.81. The molecule has 1 aromatic heterocycles. The molecule has 17 heavy (non-hydrogen) atoms. The third-order valence-electron chi connectivity index (χ3n) is 2.30. The number of carbonyl (C=O) groups is 2. The van der Waals surface area contributed by atoms with Crippen LogP contribution in [-0.4, -0.2) is 22.8 Å². The fourth-order valence-corrected chi connectivity index (χ4v) is 1.35. The molecule has 0 aromatic carbocycles. The van der Waals surface area contributed by atoms with Crippen molar-refractivity contribution in [2.24, 2.45) is 11.5 Å². The molecule has 1 heterocycles. The second-order valence-electron chi connectivity index (χ2n) is 3.79. The molecule has 2 atom stereocenters. The van der Waals surface area contributed by atoms with Crippen LogP contribution < -0.4 is 16.8 Å². The van der Waals surface area contributed by atoms with E-state index in [2.05, 4.69) is 10.3 Å². The Balaban J connectivity index is 2.54. The summed E-state index contributed by atoms with van der Waals surface area (Å²) in [7, 11) is 0. The van der Waals surface area contributed by atoms with Gasteiger partial charge in [0.15, 0.2) is 0 Å². The zero-order chi connectivity index (χ0) is 12.8. The molecule has 0 spiro atoms. The molecule has 2 unspecified atom stereocenters. The largest absolute Gasteiger partial charge is 0.370 e. The highest BCUT2D eigenvalue weighted by Crippen LogP contribution is 2.09. The van der Waals surface area contributed by atoms with Crippen LogP contribution in [0.4, 0.5) is 0 Å². The Morgan fingerprint density at radius 1 is 1.53 bits per heavy atom. The minimum absolute atomic E-state index is 0.161. The van der Waals surface area contributed by atoms with Gasteiger partial charge in [-0.2, -0.15) is 0 Å². The summed E-state index contributed by atoms with van der Waals surface area (Å²) in [5.74, 6) is -0.998. The van der Waals surface area contributed by atoms with Crippen molar-refractivity contribution in [2.75, 3.05) is 0 Å². The summed E-state index contributed by atoms with van der Waals surface area (Å²) >= 11 is 0. The SMILES string of the molecule is CC(NC(=O)C(N)CC(N)=O)c1cccnc1. The minimum atomic E-state index is -0.911. The smallest absolute Gasteiger partial charge is 0.237 e. The van der Waals surface area contributed by atoms with Gasteiger partial charge in [0.25, 0.3) is 0 Å². The molecule has 0 saturated heterocycles. The van der Waals surface area contributed by atoms with Crippen LogP contribution >= 0.6 is 0 Å². The van der Waals surface area contributed by atoms with E-state index in [1.165, 1.54) is 0 Å². The fraction of sp³-hybridized carbons (Fsp3) is 0.364. The molecule has 0 saturated carbocycles. The molecule has 0 bridgehead atoms. The van der Waals surface area contributed by atoms with Crippen LogP contribution in [0.3, 0.4) is 0 Å². The summed E-state index contributed by atoms with van der Waals surface area (Å²) in [5.41, 5.74) is 11.3. The number of aromatic nitrogens is 1. The van der Waals surface area contributed by atoms with Crippen molar-refractivity contribution < 1.29 is 9.59 Å². The molecule has 1 aromatic rings. The Morgan fingerprint density at radius 3 is 2.76 bits per heavy atom. The van der Waals surface area contributed by atoms with Gasteiger partial charge >= 0.3 is 0 Å². The Labute approximate surface area is 99.4 Å². The molecule has 0 aliphatic heterocycles. The number of hydrogen-bond donors (Lipinski definition) is 3. The molecular formula is C11H16N4O2. The predicted molar refractivity (Wildman–Crippen MR) is 62.6 cm³/mol. The summed E-state index contributed by atoms with van der Waals surface area (Å²) < 4.78 is 0. The monoisotopic (exact) mass is 236 g/mol. The van der Waals surface area contributed by atoms with Gasteiger partial charge < -0.3 is 16.8 Å². The molecular weight excluding hydrogens is 220 g/mol. The molecule has 0 aliphatic rings. The van der Waals surface area contributed by atoms with Crippen molar-refractivity contribution >= 4 is 11.8 Å². The van der Waals surface area contributed by atoms with Gasteiger partial charge in [0.2, 0.25) is 11.8 Å². The van der Waals surface area contributed by atoms with Crippen molar-refractivity contribution in [3.63, 3.8) is 0 Å². The van der Waals surface area contributed by atoms with Gasteiger partial charge in [-0.15, -0.1) is 0 Å². The van der Waals surface area contributed by atoms with Gasteiger partial charge in [-0.3, -0.25) is 14.6 Å². The molecule has 0 radical (unpaired) electrons. The van der Waals surface area contributed by atoms with E-state index in [9.17, 15) is 9.59 Å². The van der Waals surface area contributed by atoms with Crippen LogP contribution in [0, 0.1) is 0 Å². The highest BCUT2D eigenvalue weighted by molar-refractivity contribution is 5.87. The molecule has 5 N–H and O–H groups in total. The Hall–Kier alpha value is -1.95. The predicted octanol–water partition coefficient (Wildman–Crippen LogP) is -0.538. The lowest BCUT2D eigenvalue weighted by Crippen LogP contribution is -2.43. The zero-order valence-corrected chi connectivity index (χ0v) is 9.59. The number of amides is 2. The number of nitrogens with two attached hydrogens (primary N) is 2. The highest BCUT2D eigenvalue weighted by Gasteiger charge is 2.18. The molecule has 0 aliphatic carbocycles. The average Bonchev–Trinajstić information content (AvgIpc) is 2.29. The molecule has 0 fully saturated rings. The number of rotatable bonds is 5. The van der Waals surface area contributed by atoms with Crippen LogP contribution in [-0.2, 0) is 9.59 Å². The van der Waals surface area contributed by atoms with Crippen LogP contribution in [0.5, 0.6) is 0 Å². The van der Waals surface area contributed by atoms with Crippen LogP contribution in [0.15, 0.2) is 24.5 Å². The number of carbonyl (C=O) groups excluding carboxylic acids is 2. The first-order valence-electron chi connectivity index (χ1n) is 5.25. The lowest BCUT2D eigenvalue weighted by Gasteiger charge is -2.16. The van der Waals surface area contributed by atoms with Gasteiger partial charge in [0, 0.05) is 12.4 Å². The molecule has 6 nitrogen and oxygen atoms in total. The second kappa shape index (κ2) is 5.95. The second-order valence-corrected chi connectivity index (χ2v) is 3.79. The summed E-state index contributed by atoms with van der Waals surface area (Å²) in [5, 5.41) is 2.69. The van der Waals surface area contributed by atoms with E-state index in [-0.39, 0.29) is 12.5 Å². The summed E-state index contributed by atoms with van der Waals surface area (Å²) in [6, 6.07) is 2.50. The maximum absolute atomic E-state index is 11.6. The number of hydrogen-bond acceptors (Lipinski definition) is 4. The van der Waals surface area contributed by atoms with Crippen LogP contribution in [0.25, 0.3) is 0 Å². The molecule has 2 amide bonds. The average molecular weight is 236 g/mol. The minimum Gasteiger partial charge on any atom is -0.370 e. The molecule has 6 heteroatoms.